The molecule has 1 rings (SSSR count). The van der Waals surface area contributed by atoms with Gasteiger partial charge >= 0.3 is 6.09 Å². The standard InChI is InChI=1S/C10H10BrNO3/c11-7-6-9(13)12-10(14)15-8-4-2-1-3-5-8/h1-5H,6-7H2,(H,12,13,14). The molecule has 5 heteroatoms. The number of imide groups is 1. The number of halogens is 1. The van der Waals surface area contributed by atoms with Crippen molar-refractivity contribution in [3.05, 3.63) is 30.3 Å². The van der Waals surface area contributed by atoms with Crippen molar-refractivity contribution in [3.8, 4) is 5.75 Å². The van der Waals surface area contributed by atoms with Crippen LogP contribution in [0, 0.1) is 0 Å². The summed E-state index contributed by atoms with van der Waals surface area (Å²) >= 11 is 3.09. The molecule has 15 heavy (non-hydrogen) atoms. The van der Waals surface area contributed by atoms with E-state index in [-0.39, 0.29) is 12.3 Å². The fourth-order valence-electron chi connectivity index (χ4n) is 0.883. The van der Waals surface area contributed by atoms with Gasteiger partial charge in [0.25, 0.3) is 0 Å². The van der Waals surface area contributed by atoms with Crippen molar-refractivity contribution < 1.29 is 14.3 Å². The third-order valence-electron chi connectivity index (χ3n) is 1.52. The molecular weight excluding hydrogens is 262 g/mol. The number of benzene rings is 1. The maximum absolute atomic E-state index is 11.1. The van der Waals surface area contributed by atoms with Gasteiger partial charge in [-0.25, -0.2) is 4.79 Å². The van der Waals surface area contributed by atoms with Crippen molar-refractivity contribution in [2.24, 2.45) is 0 Å². The summed E-state index contributed by atoms with van der Waals surface area (Å²) in [4.78, 5) is 22.1. The maximum Gasteiger partial charge on any atom is 0.419 e. The third kappa shape index (κ3) is 4.60. The Balaban J connectivity index is 2.40. The lowest BCUT2D eigenvalue weighted by Gasteiger charge is -2.04. The molecule has 1 aromatic carbocycles. The number of para-hydroxylation sites is 1. The van der Waals surface area contributed by atoms with Gasteiger partial charge in [0.15, 0.2) is 0 Å². The molecule has 0 spiro atoms. The van der Waals surface area contributed by atoms with Gasteiger partial charge in [-0.2, -0.15) is 0 Å². The van der Waals surface area contributed by atoms with Crippen molar-refractivity contribution >= 4 is 27.9 Å². The van der Waals surface area contributed by atoms with Crippen LogP contribution in [0.15, 0.2) is 30.3 Å². The molecule has 2 amide bonds. The maximum atomic E-state index is 11.1. The highest BCUT2D eigenvalue weighted by Gasteiger charge is 2.08. The Morgan fingerprint density at radius 1 is 1.27 bits per heavy atom. The van der Waals surface area contributed by atoms with Crippen LogP contribution < -0.4 is 10.1 Å². The Hall–Kier alpha value is -1.36. The molecule has 0 atom stereocenters. The molecular formula is C10H10BrNO3. The lowest BCUT2D eigenvalue weighted by atomic mass is 10.3. The fourth-order valence-corrected chi connectivity index (χ4v) is 1.24. The SMILES string of the molecule is O=C(CCBr)NC(=O)Oc1ccccc1. The first-order chi connectivity index (χ1) is 7.22. The lowest BCUT2D eigenvalue weighted by molar-refractivity contribution is -0.119. The van der Waals surface area contributed by atoms with Gasteiger partial charge in [0.1, 0.15) is 5.75 Å². The van der Waals surface area contributed by atoms with Crippen molar-refractivity contribution in [3.63, 3.8) is 0 Å². The Labute approximate surface area is 95.7 Å². The summed E-state index contributed by atoms with van der Waals surface area (Å²) in [7, 11) is 0. The predicted octanol–water partition coefficient (Wildman–Crippen LogP) is 2.09. The minimum Gasteiger partial charge on any atom is -0.410 e. The molecule has 0 radical (unpaired) electrons. The van der Waals surface area contributed by atoms with Gasteiger partial charge in [-0.3, -0.25) is 10.1 Å². The summed E-state index contributed by atoms with van der Waals surface area (Å²) in [5, 5.41) is 2.61. The van der Waals surface area contributed by atoms with Crippen LogP contribution in [0.4, 0.5) is 4.79 Å². The van der Waals surface area contributed by atoms with E-state index in [4.69, 9.17) is 4.74 Å². The normalized spacial score (nSPS) is 9.40. The molecule has 0 aliphatic heterocycles. The van der Waals surface area contributed by atoms with Gasteiger partial charge in [0.05, 0.1) is 0 Å². The second kappa shape index (κ2) is 6.19. The van der Waals surface area contributed by atoms with E-state index in [0.29, 0.717) is 11.1 Å². The van der Waals surface area contributed by atoms with Gasteiger partial charge in [0, 0.05) is 11.8 Å². The number of alkyl halides is 1. The van der Waals surface area contributed by atoms with Gasteiger partial charge in [0.2, 0.25) is 5.91 Å². The molecule has 0 aliphatic carbocycles. The summed E-state index contributed by atoms with van der Waals surface area (Å²) in [5.74, 6) is 0.0365. The Kier molecular flexibility index (Phi) is 4.83. The van der Waals surface area contributed by atoms with E-state index >= 15 is 0 Å². The molecule has 0 aromatic heterocycles. The minimum absolute atomic E-state index is 0.240. The number of rotatable bonds is 3. The number of ether oxygens (including phenoxy) is 1. The van der Waals surface area contributed by atoms with Gasteiger partial charge in [-0.05, 0) is 12.1 Å². The zero-order valence-electron chi connectivity index (χ0n) is 7.90. The number of amides is 2. The van der Waals surface area contributed by atoms with Crippen LogP contribution in [-0.2, 0) is 4.79 Å². The topological polar surface area (TPSA) is 55.4 Å². The minimum atomic E-state index is -0.757. The quantitative estimate of drug-likeness (QED) is 0.857. The molecule has 0 saturated heterocycles. The molecule has 0 heterocycles. The largest absolute Gasteiger partial charge is 0.419 e. The van der Waals surface area contributed by atoms with Crippen LogP contribution in [0.5, 0.6) is 5.75 Å². The highest BCUT2D eigenvalue weighted by molar-refractivity contribution is 9.09. The molecule has 0 fully saturated rings. The molecule has 0 unspecified atom stereocenters. The average Bonchev–Trinajstić information content (AvgIpc) is 2.19. The van der Waals surface area contributed by atoms with E-state index in [1.807, 2.05) is 0 Å². The zero-order valence-corrected chi connectivity index (χ0v) is 9.49. The second-order valence-corrected chi connectivity index (χ2v) is 3.48. The number of hydrogen-bond acceptors (Lipinski definition) is 3. The number of carbonyl (C=O) groups is 2. The summed E-state index contributed by atoms with van der Waals surface area (Å²) in [5.41, 5.74) is 0. The Bertz CT molecular complexity index is 340. The first-order valence-electron chi connectivity index (χ1n) is 4.35. The highest BCUT2D eigenvalue weighted by atomic mass is 79.9. The van der Waals surface area contributed by atoms with E-state index in [0.717, 1.165) is 0 Å². The van der Waals surface area contributed by atoms with Crippen molar-refractivity contribution in [2.75, 3.05) is 5.33 Å². The van der Waals surface area contributed by atoms with E-state index < -0.39 is 6.09 Å². The first-order valence-corrected chi connectivity index (χ1v) is 5.47. The molecule has 1 aromatic rings. The van der Waals surface area contributed by atoms with Crippen LogP contribution in [-0.4, -0.2) is 17.3 Å². The highest BCUT2D eigenvalue weighted by Crippen LogP contribution is 2.07. The van der Waals surface area contributed by atoms with E-state index in [1.54, 1.807) is 30.3 Å². The average molecular weight is 272 g/mol. The molecule has 0 bridgehead atoms. The third-order valence-corrected chi connectivity index (χ3v) is 1.91. The van der Waals surface area contributed by atoms with Gasteiger partial charge in [-0.1, -0.05) is 34.1 Å². The van der Waals surface area contributed by atoms with Crippen LogP contribution in [0.3, 0.4) is 0 Å². The summed E-state index contributed by atoms with van der Waals surface area (Å²) in [6.07, 6.45) is -0.517. The van der Waals surface area contributed by atoms with Crippen LogP contribution >= 0.6 is 15.9 Å². The van der Waals surface area contributed by atoms with E-state index in [1.165, 1.54) is 0 Å². The molecule has 0 aliphatic rings. The summed E-state index contributed by atoms with van der Waals surface area (Å²) in [6, 6.07) is 8.55. The number of carbonyl (C=O) groups excluding carboxylic acids is 2. The van der Waals surface area contributed by atoms with Gasteiger partial charge < -0.3 is 4.74 Å². The van der Waals surface area contributed by atoms with Gasteiger partial charge in [-0.15, -0.1) is 0 Å². The molecule has 0 saturated carbocycles. The van der Waals surface area contributed by atoms with E-state index in [2.05, 4.69) is 21.2 Å². The summed E-state index contributed by atoms with van der Waals surface area (Å²) < 4.78 is 4.85. The molecule has 80 valence electrons. The zero-order chi connectivity index (χ0) is 11.1. The second-order valence-electron chi connectivity index (χ2n) is 2.69. The lowest BCUT2D eigenvalue weighted by Crippen LogP contribution is -2.32. The Morgan fingerprint density at radius 3 is 2.53 bits per heavy atom. The summed E-state index contributed by atoms with van der Waals surface area (Å²) in [6.45, 7) is 0. The fraction of sp³-hybridized carbons (Fsp3) is 0.200. The van der Waals surface area contributed by atoms with Crippen LogP contribution in [0.25, 0.3) is 0 Å². The van der Waals surface area contributed by atoms with Crippen LogP contribution in [0.1, 0.15) is 6.42 Å². The number of hydrogen-bond donors (Lipinski definition) is 1. The molecule has 4 nitrogen and oxygen atoms in total. The van der Waals surface area contributed by atoms with E-state index in [9.17, 15) is 9.59 Å². The number of nitrogens with one attached hydrogen (secondary N) is 1. The van der Waals surface area contributed by atoms with Crippen molar-refractivity contribution in [1.82, 2.24) is 5.32 Å². The van der Waals surface area contributed by atoms with Crippen molar-refractivity contribution in [2.45, 2.75) is 6.42 Å². The molecule has 1 N–H and O–H groups in total. The predicted molar refractivity (Wildman–Crippen MR) is 59.0 cm³/mol. The van der Waals surface area contributed by atoms with Crippen molar-refractivity contribution in [1.29, 1.82) is 0 Å². The monoisotopic (exact) mass is 271 g/mol. The smallest absolute Gasteiger partial charge is 0.410 e. The van der Waals surface area contributed by atoms with Crippen LogP contribution in [0.2, 0.25) is 0 Å². The Morgan fingerprint density at radius 2 is 1.93 bits per heavy atom. The first kappa shape index (κ1) is 11.7.